The number of hydrogen-bond donors (Lipinski definition) is 1. The Balaban J connectivity index is 1.98. The van der Waals surface area contributed by atoms with Gasteiger partial charge >= 0.3 is 0 Å². The van der Waals surface area contributed by atoms with Gasteiger partial charge in [0.05, 0.1) is 11.7 Å². The molecule has 1 aliphatic carbocycles. The fourth-order valence-electron chi connectivity index (χ4n) is 2.23. The lowest BCUT2D eigenvalue weighted by molar-refractivity contribution is 0.576. The Morgan fingerprint density at radius 1 is 1.28 bits per heavy atom. The second kappa shape index (κ2) is 4.40. The number of aryl methyl sites for hydroxylation is 2. The Bertz CT molecular complexity index is 573. The van der Waals surface area contributed by atoms with Crippen LogP contribution in [0.1, 0.15) is 33.6 Å². The highest BCUT2D eigenvalue weighted by molar-refractivity contribution is 7.11. The molecule has 2 N–H and O–H groups in total. The van der Waals surface area contributed by atoms with Crippen molar-refractivity contribution in [3.63, 3.8) is 0 Å². The van der Waals surface area contributed by atoms with Gasteiger partial charge in [-0.3, -0.25) is 0 Å². The van der Waals surface area contributed by atoms with Crippen molar-refractivity contribution in [1.29, 1.82) is 0 Å². The molecule has 18 heavy (non-hydrogen) atoms. The van der Waals surface area contributed by atoms with E-state index in [2.05, 4.69) is 4.98 Å². The number of hydrogen-bond acceptors (Lipinski definition) is 3. The highest BCUT2D eigenvalue weighted by Gasteiger charge is 2.22. The van der Waals surface area contributed by atoms with Crippen molar-refractivity contribution in [1.82, 2.24) is 4.98 Å². The van der Waals surface area contributed by atoms with Crippen LogP contribution in [-0.2, 0) is 12.8 Å². The molecule has 3 rings (SSSR count). The summed E-state index contributed by atoms with van der Waals surface area (Å²) in [7, 11) is 0. The maximum absolute atomic E-state index is 13.6. The van der Waals surface area contributed by atoms with Crippen LogP contribution in [0.3, 0.4) is 0 Å². The predicted molar refractivity (Wildman–Crippen MR) is 66.5 cm³/mol. The maximum atomic E-state index is 13.6. The van der Waals surface area contributed by atoms with Crippen molar-refractivity contribution in [2.75, 3.05) is 0 Å². The third-order valence-corrected chi connectivity index (χ3v) is 4.41. The van der Waals surface area contributed by atoms with E-state index in [9.17, 15) is 8.78 Å². The second-order valence-corrected chi connectivity index (χ2v) is 5.53. The molecule has 0 aliphatic heterocycles. The van der Waals surface area contributed by atoms with Gasteiger partial charge in [0.25, 0.3) is 0 Å². The van der Waals surface area contributed by atoms with Crippen molar-refractivity contribution in [2.24, 2.45) is 5.73 Å². The van der Waals surface area contributed by atoms with Gasteiger partial charge in [-0.05, 0) is 37.5 Å². The van der Waals surface area contributed by atoms with E-state index < -0.39 is 17.7 Å². The standard InChI is InChI=1S/C13H12F2N2S/c14-7-4-5-9(15)8(6-7)12(16)13-17-10-2-1-3-11(10)18-13/h4-6,12H,1-3,16H2. The summed E-state index contributed by atoms with van der Waals surface area (Å²) in [6.45, 7) is 0. The topological polar surface area (TPSA) is 38.9 Å². The number of nitrogens with zero attached hydrogens (tertiary/aromatic N) is 1. The highest BCUT2D eigenvalue weighted by Crippen LogP contribution is 2.32. The average Bonchev–Trinajstić information content (AvgIpc) is 2.91. The number of thiazole rings is 1. The van der Waals surface area contributed by atoms with Gasteiger partial charge in [0.15, 0.2) is 0 Å². The molecule has 0 fully saturated rings. The van der Waals surface area contributed by atoms with Crippen molar-refractivity contribution >= 4 is 11.3 Å². The minimum atomic E-state index is -0.684. The first-order valence-electron chi connectivity index (χ1n) is 5.84. The summed E-state index contributed by atoms with van der Waals surface area (Å²) in [4.78, 5) is 5.68. The number of halogens is 2. The number of fused-ring (bicyclic) bond motifs is 1. The molecule has 5 heteroatoms. The van der Waals surface area contributed by atoms with Crippen molar-refractivity contribution in [3.05, 3.63) is 51.0 Å². The summed E-state index contributed by atoms with van der Waals surface area (Å²) in [5, 5.41) is 0.671. The quantitative estimate of drug-likeness (QED) is 0.907. The van der Waals surface area contributed by atoms with Gasteiger partial charge in [0, 0.05) is 10.4 Å². The van der Waals surface area contributed by atoms with Crippen LogP contribution in [0.15, 0.2) is 18.2 Å². The van der Waals surface area contributed by atoms with Gasteiger partial charge < -0.3 is 5.73 Å². The van der Waals surface area contributed by atoms with E-state index in [0.29, 0.717) is 5.01 Å². The SMILES string of the molecule is NC(c1nc2c(s1)CCC2)c1cc(F)ccc1F. The first kappa shape index (κ1) is 11.7. The Kier molecular flexibility index (Phi) is 2.87. The van der Waals surface area contributed by atoms with Crippen molar-refractivity contribution in [2.45, 2.75) is 25.3 Å². The zero-order chi connectivity index (χ0) is 12.7. The molecule has 0 spiro atoms. The number of aromatic nitrogens is 1. The van der Waals surface area contributed by atoms with Gasteiger partial charge in [-0.2, -0.15) is 0 Å². The number of rotatable bonds is 2. The lowest BCUT2D eigenvalue weighted by Gasteiger charge is -2.10. The Labute approximate surface area is 107 Å². The lowest BCUT2D eigenvalue weighted by Crippen LogP contribution is -2.14. The van der Waals surface area contributed by atoms with E-state index in [1.165, 1.54) is 16.2 Å². The highest BCUT2D eigenvalue weighted by atomic mass is 32.1. The maximum Gasteiger partial charge on any atom is 0.128 e. The van der Waals surface area contributed by atoms with E-state index in [1.807, 2.05) is 0 Å². The van der Waals surface area contributed by atoms with Crippen LogP contribution in [0, 0.1) is 11.6 Å². The summed E-state index contributed by atoms with van der Waals surface area (Å²) < 4.78 is 26.8. The molecular weight excluding hydrogens is 254 g/mol. The van der Waals surface area contributed by atoms with Crippen LogP contribution in [0.25, 0.3) is 0 Å². The molecule has 0 saturated heterocycles. The Morgan fingerprint density at radius 2 is 2.11 bits per heavy atom. The molecule has 1 atom stereocenters. The first-order valence-corrected chi connectivity index (χ1v) is 6.66. The fraction of sp³-hybridized carbons (Fsp3) is 0.308. The molecule has 2 nitrogen and oxygen atoms in total. The summed E-state index contributed by atoms with van der Waals surface area (Å²) in [5.41, 5.74) is 7.23. The van der Waals surface area contributed by atoms with Crippen molar-refractivity contribution < 1.29 is 8.78 Å². The van der Waals surface area contributed by atoms with E-state index in [-0.39, 0.29) is 5.56 Å². The predicted octanol–water partition coefficient (Wildman–Crippen LogP) is 2.96. The largest absolute Gasteiger partial charge is 0.318 e. The van der Waals surface area contributed by atoms with Crippen LogP contribution in [0.5, 0.6) is 0 Å². The summed E-state index contributed by atoms with van der Waals surface area (Å²) in [6, 6.07) is 2.66. The zero-order valence-electron chi connectivity index (χ0n) is 9.62. The number of benzene rings is 1. The van der Waals surface area contributed by atoms with E-state index in [0.717, 1.165) is 43.2 Å². The van der Waals surface area contributed by atoms with Gasteiger partial charge in [0.1, 0.15) is 16.6 Å². The molecule has 1 aliphatic rings. The van der Waals surface area contributed by atoms with Gasteiger partial charge in [-0.25, -0.2) is 13.8 Å². The first-order chi connectivity index (χ1) is 8.65. The summed E-state index contributed by atoms with van der Waals surface area (Å²) in [6.07, 6.45) is 3.10. The third-order valence-electron chi connectivity index (χ3n) is 3.17. The van der Waals surface area contributed by atoms with Crippen LogP contribution < -0.4 is 5.73 Å². The van der Waals surface area contributed by atoms with E-state index in [1.54, 1.807) is 0 Å². The average molecular weight is 266 g/mol. The molecular formula is C13H12F2N2S. The molecule has 1 heterocycles. The zero-order valence-corrected chi connectivity index (χ0v) is 10.4. The van der Waals surface area contributed by atoms with Crippen LogP contribution in [0.2, 0.25) is 0 Å². The molecule has 0 radical (unpaired) electrons. The van der Waals surface area contributed by atoms with Gasteiger partial charge in [-0.15, -0.1) is 11.3 Å². The third kappa shape index (κ3) is 1.93. The molecule has 1 unspecified atom stereocenters. The van der Waals surface area contributed by atoms with Gasteiger partial charge in [0.2, 0.25) is 0 Å². The lowest BCUT2D eigenvalue weighted by atomic mass is 10.1. The van der Waals surface area contributed by atoms with Crippen LogP contribution >= 0.6 is 11.3 Å². The minimum Gasteiger partial charge on any atom is -0.318 e. The van der Waals surface area contributed by atoms with Crippen LogP contribution in [-0.4, -0.2) is 4.98 Å². The Morgan fingerprint density at radius 3 is 2.89 bits per heavy atom. The number of nitrogens with two attached hydrogens (primary N) is 1. The summed E-state index contributed by atoms with van der Waals surface area (Å²) >= 11 is 1.51. The molecule has 0 saturated carbocycles. The summed E-state index contributed by atoms with van der Waals surface area (Å²) in [5.74, 6) is -0.967. The second-order valence-electron chi connectivity index (χ2n) is 4.42. The molecule has 1 aromatic heterocycles. The molecule has 94 valence electrons. The molecule has 0 bridgehead atoms. The van der Waals surface area contributed by atoms with Crippen molar-refractivity contribution in [3.8, 4) is 0 Å². The normalized spacial score (nSPS) is 15.7. The molecule has 0 amide bonds. The minimum absolute atomic E-state index is 0.169. The van der Waals surface area contributed by atoms with E-state index >= 15 is 0 Å². The molecule has 2 aromatic rings. The smallest absolute Gasteiger partial charge is 0.128 e. The monoisotopic (exact) mass is 266 g/mol. The van der Waals surface area contributed by atoms with Crippen LogP contribution in [0.4, 0.5) is 8.78 Å². The fourth-order valence-corrected chi connectivity index (χ4v) is 3.40. The molecule has 1 aromatic carbocycles. The van der Waals surface area contributed by atoms with Gasteiger partial charge in [-0.1, -0.05) is 0 Å². The Hall–Kier alpha value is -1.33. The van der Waals surface area contributed by atoms with E-state index in [4.69, 9.17) is 5.73 Å².